The predicted octanol–water partition coefficient (Wildman–Crippen LogP) is 3.15. The molecule has 3 rings (SSSR count). The van der Waals surface area contributed by atoms with Crippen molar-refractivity contribution in [3.05, 3.63) is 16.3 Å². The highest BCUT2D eigenvalue weighted by atomic mass is 32.1. The lowest BCUT2D eigenvalue weighted by atomic mass is 10.0. The van der Waals surface area contributed by atoms with Gasteiger partial charge in [0, 0.05) is 26.2 Å². The number of methoxy groups -OCH3 is 2. The quantitative estimate of drug-likeness (QED) is 0.679. The average molecular weight is 407 g/mol. The number of likely N-dealkylation sites (tertiary alicyclic amines) is 1. The van der Waals surface area contributed by atoms with Gasteiger partial charge in [0.2, 0.25) is 5.88 Å². The molecule has 1 unspecified atom stereocenters. The maximum Gasteiger partial charge on any atom is 0.261 e. The Bertz CT molecular complexity index is 823. The highest BCUT2D eigenvalue weighted by Gasteiger charge is 2.21. The molecule has 1 saturated heterocycles. The van der Waals surface area contributed by atoms with Gasteiger partial charge in [-0.2, -0.15) is 4.98 Å². The summed E-state index contributed by atoms with van der Waals surface area (Å²) in [5.41, 5.74) is 0.864. The SMILES string of the molecule is COCc1nc(OC)c2c(C)c(C(=O)NCCCN3CCCCC3C)sc2n1. The number of fused-ring (bicyclic) bond motifs is 1. The Hall–Kier alpha value is -1.77. The van der Waals surface area contributed by atoms with Gasteiger partial charge in [0.1, 0.15) is 11.4 Å². The van der Waals surface area contributed by atoms with E-state index in [1.165, 1.54) is 37.1 Å². The lowest BCUT2D eigenvalue weighted by molar-refractivity contribution is 0.0952. The van der Waals surface area contributed by atoms with Crippen molar-refractivity contribution in [2.24, 2.45) is 0 Å². The minimum Gasteiger partial charge on any atom is -0.480 e. The van der Waals surface area contributed by atoms with Gasteiger partial charge in [-0.1, -0.05) is 6.42 Å². The molecule has 1 aliphatic rings. The minimum absolute atomic E-state index is 0.0532. The largest absolute Gasteiger partial charge is 0.480 e. The van der Waals surface area contributed by atoms with E-state index in [1.807, 2.05) is 6.92 Å². The third-order valence-corrected chi connectivity index (χ3v) is 6.51. The van der Waals surface area contributed by atoms with Crippen LogP contribution in [0.2, 0.25) is 0 Å². The fourth-order valence-electron chi connectivity index (χ4n) is 3.76. The predicted molar refractivity (Wildman–Crippen MR) is 111 cm³/mol. The van der Waals surface area contributed by atoms with Gasteiger partial charge in [-0.15, -0.1) is 11.3 Å². The molecule has 0 saturated carbocycles. The van der Waals surface area contributed by atoms with Gasteiger partial charge in [-0.25, -0.2) is 4.98 Å². The van der Waals surface area contributed by atoms with Crippen molar-refractivity contribution >= 4 is 27.5 Å². The van der Waals surface area contributed by atoms with Crippen LogP contribution in [0.3, 0.4) is 0 Å². The first-order valence-electron chi connectivity index (χ1n) is 9.90. The van der Waals surface area contributed by atoms with E-state index in [4.69, 9.17) is 9.47 Å². The van der Waals surface area contributed by atoms with Crippen molar-refractivity contribution in [3.63, 3.8) is 0 Å². The third-order valence-electron chi connectivity index (χ3n) is 5.32. The number of piperidine rings is 1. The second-order valence-corrected chi connectivity index (χ2v) is 8.31. The Morgan fingerprint density at radius 1 is 1.32 bits per heavy atom. The first-order valence-corrected chi connectivity index (χ1v) is 10.7. The standard InChI is InChI=1S/C20H30N4O3S/c1-13-8-5-6-10-24(13)11-7-9-21-18(25)17-14(2)16-19(27-4)22-15(12-26-3)23-20(16)28-17/h13H,5-12H2,1-4H3,(H,21,25). The van der Waals surface area contributed by atoms with Crippen LogP contribution in [0.15, 0.2) is 0 Å². The molecule has 2 aromatic rings. The van der Waals surface area contributed by atoms with Gasteiger partial charge in [0.05, 0.1) is 17.4 Å². The number of nitrogens with one attached hydrogen (secondary N) is 1. The van der Waals surface area contributed by atoms with Gasteiger partial charge < -0.3 is 19.7 Å². The van der Waals surface area contributed by atoms with Crippen LogP contribution in [0.25, 0.3) is 10.2 Å². The Morgan fingerprint density at radius 2 is 2.14 bits per heavy atom. The van der Waals surface area contributed by atoms with Crippen molar-refractivity contribution < 1.29 is 14.3 Å². The summed E-state index contributed by atoms with van der Waals surface area (Å²) in [6.45, 7) is 7.40. The lowest BCUT2D eigenvalue weighted by Gasteiger charge is -2.33. The molecule has 0 bridgehead atoms. The first-order chi connectivity index (χ1) is 13.5. The number of nitrogens with zero attached hydrogens (tertiary/aromatic N) is 3. The molecule has 3 heterocycles. The molecule has 2 aromatic heterocycles. The Labute approximate surface area is 170 Å². The van der Waals surface area contributed by atoms with E-state index in [-0.39, 0.29) is 5.91 Å². The smallest absolute Gasteiger partial charge is 0.261 e. The summed E-state index contributed by atoms with van der Waals surface area (Å²) in [5.74, 6) is 0.988. The van der Waals surface area contributed by atoms with Crippen LogP contribution in [0.5, 0.6) is 5.88 Å². The van der Waals surface area contributed by atoms with Crippen LogP contribution < -0.4 is 10.1 Å². The average Bonchev–Trinajstić information content (AvgIpc) is 3.02. The number of hydrogen-bond acceptors (Lipinski definition) is 7. The number of amides is 1. The number of carbonyl (C=O) groups excluding carboxylic acids is 1. The fraction of sp³-hybridized carbons (Fsp3) is 0.650. The van der Waals surface area contributed by atoms with E-state index in [2.05, 4.69) is 27.1 Å². The topological polar surface area (TPSA) is 76.6 Å². The molecule has 1 amide bonds. The van der Waals surface area contributed by atoms with Crippen LogP contribution in [-0.2, 0) is 11.3 Å². The Kier molecular flexibility index (Phi) is 7.20. The summed E-state index contributed by atoms with van der Waals surface area (Å²) in [5, 5.41) is 3.87. The summed E-state index contributed by atoms with van der Waals surface area (Å²) in [6, 6.07) is 0.654. The lowest BCUT2D eigenvalue weighted by Crippen LogP contribution is -2.39. The molecule has 1 atom stereocenters. The molecule has 154 valence electrons. The first kappa shape index (κ1) is 21.0. The minimum atomic E-state index is -0.0532. The van der Waals surface area contributed by atoms with Crippen LogP contribution >= 0.6 is 11.3 Å². The summed E-state index contributed by atoms with van der Waals surface area (Å²) < 4.78 is 10.6. The summed E-state index contributed by atoms with van der Waals surface area (Å²) in [6.07, 6.45) is 4.85. The van der Waals surface area contributed by atoms with Gasteiger partial charge in [0.15, 0.2) is 5.82 Å². The van der Waals surface area contributed by atoms with E-state index in [9.17, 15) is 4.79 Å². The number of carbonyl (C=O) groups is 1. The molecular formula is C20H30N4O3S. The number of thiophene rings is 1. The highest BCUT2D eigenvalue weighted by molar-refractivity contribution is 7.20. The van der Waals surface area contributed by atoms with E-state index in [1.54, 1.807) is 14.2 Å². The summed E-state index contributed by atoms with van der Waals surface area (Å²) >= 11 is 1.38. The molecule has 0 spiro atoms. The van der Waals surface area contributed by atoms with E-state index in [0.717, 1.165) is 28.7 Å². The molecule has 0 aromatic carbocycles. The zero-order valence-corrected chi connectivity index (χ0v) is 18.0. The van der Waals surface area contributed by atoms with Gasteiger partial charge >= 0.3 is 0 Å². The number of aryl methyl sites for hydroxylation is 1. The number of ether oxygens (including phenoxy) is 2. The molecule has 1 fully saturated rings. The van der Waals surface area contributed by atoms with Crippen molar-refractivity contribution in [1.82, 2.24) is 20.2 Å². The van der Waals surface area contributed by atoms with Crippen LogP contribution in [-0.4, -0.2) is 60.7 Å². The second-order valence-electron chi connectivity index (χ2n) is 7.31. The highest BCUT2D eigenvalue weighted by Crippen LogP contribution is 2.35. The fourth-order valence-corrected chi connectivity index (χ4v) is 4.86. The zero-order chi connectivity index (χ0) is 20.1. The summed E-state index contributed by atoms with van der Waals surface area (Å²) in [7, 11) is 3.18. The number of hydrogen-bond donors (Lipinski definition) is 1. The molecule has 1 aliphatic heterocycles. The van der Waals surface area contributed by atoms with E-state index >= 15 is 0 Å². The monoisotopic (exact) mass is 406 g/mol. The molecule has 28 heavy (non-hydrogen) atoms. The van der Waals surface area contributed by atoms with Gasteiger partial charge in [-0.05, 0) is 45.2 Å². The van der Waals surface area contributed by atoms with Gasteiger partial charge in [0.25, 0.3) is 5.91 Å². The molecule has 0 aliphatic carbocycles. The van der Waals surface area contributed by atoms with Crippen LogP contribution in [0.1, 0.15) is 53.7 Å². The summed E-state index contributed by atoms with van der Waals surface area (Å²) in [4.78, 5) is 25.6. The van der Waals surface area contributed by atoms with Crippen molar-refractivity contribution in [2.75, 3.05) is 33.9 Å². The molecule has 1 N–H and O–H groups in total. The molecule has 8 heteroatoms. The van der Waals surface area contributed by atoms with Crippen molar-refractivity contribution in [1.29, 1.82) is 0 Å². The Morgan fingerprint density at radius 3 is 2.86 bits per heavy atom. The number of aromatic nitrogens is 2. The normalized spacial score (nSPS) is 17.8. The molecule has 7 nitrogen and oxygen atoms in total. The van der Waals surface area contributed by atoms with Crippen molar-refractivity contribution in [2.45, 2.75) is 52.2 Å². The maximum absolute atomic E-state index is 12.7. The maximum atomic E-state index is 12.7. The van der Waals surface area contributed by atoms with Crippen LogP contribution in [0.4, 0.5) is 0 Å². The van der Waals surface area contributed by atoms with E-state index < -0.39 is 0 Å². The number of rotatable bonds is 8. The zero-order valence-electron chi connectivity index (χ0n) is 17.2. The third kappa shape index (κ3) is 4.61. The Balaban J connectivity index is 1.65. The van der Waals surface area contributed by atoms with Crippen LogP contribution in [0, 0.1) is 6.92 Å². The van der Waals surface area contributed by atoms with Crippen molar-refractivity contribution in [3.8, 4) is 5.88 Å². The van der Waals surface area contributed by atoms with E-state index in [0.29, 0.717) is 35.8 Å². The molecular weight excluding hydrogens is 376 g/mol. The molecule has 0 radical (unpaired) electrons. The van der Waals surface area contributed by atoms with Gasteiger partial charge in [-0.3, -0.25) is 4.79 Å². The second kappa shape index (κ2) is 9.62.